The van der Waals surface area contributed by atoms with Crippen LogP contribution in [0.2, 0.25) is 0 Å². The van der Waals surface area contributed by atoms with E-state index < -0.39 is 0 Å². The average Bonchev–Trinajstić information content (AvgIpc) is 2.61. The van der Waals surface area contributed by atoms with Crippen LogP contribution in [0, 0.1) is 5.82 Å². The molecule has 0 saturated heterocycles. The minimum Gasteiger partial charge on any atom is -0.360 e. The quantitative estimate of drug-likeness (QED) is 0.847. The van der Waals surface area contributed by atoms with Gasteiger partial charge in [-0.3, -0.25) is 4.79 Å². The van der Waals surface area contributed by atoms with Gasteiger partial charge < -0.3 is 9.80 Å². The minimum absolute atomic E-state index is 0.0839. The number of carbonyl (C=O) groups excluding carboxylic acids is 1. The predicted molar refractivity (Wildman–Crippen MR) is 92.5 cm³/mol. The Morgan fingerprint density at radius 2 is 1.75 bits per heavy atom. The SMILES string of the molecule is O=C(CN1CCCc2cccc(F)c21)N1CCc2ccccc2C1. The summed E-state index contributed by atoms with van der Waals surface area (Å²) in [5, 5.41) is 0. The molecule has 2 aliphatic heterocycles. The Hall–Kier alpha value is -2.36. The number of benzene rings is 2. The zero-order chi connectivity index (χ0) is 16.5. The largest absolute Gasteiger partial charge is 0.360 e. The second-order valence-electron chi connectivity index (χ2n) is 6.61. The molecule has 2 aliphatic rings. The lowest BCUT2D eigenvalue weighted by molar-refractivity contribution is -0.130. The first-order valence-electron chi connectivity index (χ1n) is 8.59. The number of nitrogens with zero attached hydrogens (tertiary/aromatic N) is 2. The second kappa shape index (κ2) is 6.27. The van der Waals surface area contributed by atoms with E-state index in [4.69, 9.17) is 0 Å². The van der Waals surface area contributed by atoms with E-state index in [0.717, 1.165) is 37.9 Å². The van der Waals surface area contributed by atoms with Crippen molar-refractivity contribution in [1.82, 2.24) is 4.90 Å². The third-order valence-corrected chi connectivity index (χ3v) is 5.07. The van der Waals surface area contributed by atoms with Crippen LogP contribution in [-0.4, -0.2) is 30.4 Å². The molecule has 4 heteroatoms. The number of halogens is 1. The van der Waals surface area contributed by atoms with Crippen LogP contribution < -0.4 is 4.90 Å². The molecule has 0 unspecified atom stereocenters. The van der Waals surface area contributed by atoms with Crippen molar-refractivity contribution in [2.45, 2.75) is 25.8 Å². The molecule has 0 saturated carbocycles. The van der Waals surface area contributed by atoms with Crippen molar-refractivity contribution in [3.05, 3.63) is 65.0 Å². The highest BCUT2D eigenvalue weighted by Crippen LogP contribution is 2.30. The van der Waals surface area contributed by atoms with Crippen LogP contribution >= 0.6 is 0 Å². The molecule has 24 heavy (non-hydrogen) atoms. The molecule has 4 rings (SSSR count). The summed E-state index contributed by atoms with van der Waals surface area (Å²) in [6.07, 6.45) is 2.74. The molecule has 124 valence electrons. The topological polar surface area (TPSA) is 23.6 Å². The molecule has 0 atom stereocenters. The number of hydrogen-bond donors (Lipinski definition) is 0. The van der Waals surface area contributed by atoms with Gasteiger partial charge in [-0.15, -0.1) is 0 Å². The summed E-state index contributed by atoms with van der Waals surface area (Å²) in [5.41, 5.74) is 4.19. The van der Waals surface area contributed by atoms with E-state index in [2.05, 4.69) is 12.1 Å². The third kappa shape index (κ3) is 2.77. The number of hydrogen-bond acceptors (Lipinski definition) is 2. The summed E-state index contributed by atoms with van der Waals surface area (Å²) < 4.78 is 14.2. The number of fused-ring (bicyclic) bond motifs is 2. The fraction of sp³-hybridized carbons (Fsp3) is 0.350. The summed E-state index contributed by atoms with van der Waals surface area (Å²) in [6, 6.07) is 13.5. The van der Waals surface area contributed by atoms with Crippen molar-refractivity contribution in [3.8, 4) is 0 Å². The Labute approximate surface area is 141 Å². The zero-order valence-corrected chi connectivity index (χ0v) is 13.7. The monoisotopic (exact) mass is 324 g/mol. The van der Waals surface area contributed by atoms with Crippen LogP contribution in [0.25, 0.3) is 0 Å². The van der Waals surface area contributed by atoms with Crippen molar-refractivity contribution in [3.63, 3.8) is 0 Å². The Kier molecular flexibility index (Phi) is 3.97. The van der Waals surface area contributed by atoms with Crippen LogP contribution in [0.3, 0.4) is 0 Å². The lowest BCUT2D eigenvalue weighted by Crippen LogP contribution is -2.44. The number of anilines is 1. The van der Waals surface area contributed by atoms with Crippen molar-refractivity contribution in [2.24, 2.45) is 0 Å². The summed E-state index contributed by atoms with van der Waals surface area (Å²) in [7, 11) is 0. The highest BCUT2D eigenvalue weighted by Gasteiger charge is 2.26. The molecule has 2 aromatic carbocycles. The molecular weight excluding hydrogens is 303 g/mol. The van der Waals surface area contributed by atoms with Crippen LogP contribution in [0.5, 0.6) is 0 Å². The van der Waals surface area contributed by atoms with Crippen LogP contribution in [0.4, 0.5) is 10.1 Å². The van der Waals surface area contributed by atoms with Crippen molar-refractivity contribution < 1.29 is 9.18 Å². The maximum absolute atomic E-state index is 14.2. The van der Waals surface area contributed by atoms with Gasteiger partial charge in [-0.25, -0.2) is 4.39 Å². The molecule has 2 aromatic rings. The maximum Gasteiger partial charge on any atom is 0.242 e. The molecule has 0 N–H and O–H groups in total. The van der Waals surface area contributed by atoms with Gasteiger partial charge in [-0.1, -0.05) is 36.4 Å². The number of aryl methyl sites for hydroxylation is 1. The van der Waals surface area contributed by atoms with Gasteiger partial charge in [0.05, 0.1) is 12.2 Å². The highest BCUT2D eigenvalue weighted by molar-refractivity contribution is 5.82. The molecule has 2 heterocycles. The van der Waals surface area contributed by atoms with Crippen molar-refractivity contribution >= 4 is 11.6 Å². The Bertz CT molecular complexity index is 774. The van der Waals surface area contributed by atoms with Gasteiger partial charge in [-0.05, 0) is 42.0 Å². The van der Waals surface area contributed by atoms with Crippen LogP contribution in [0.1, 0.15) is 23.1 Å². The lowest BCUT2D eigenvalue weighted by Gasteiger charge is -2.34. The van der Waals surface area contributed by atoms with Gasteiger partial charge >= 0.3 is 0 Å². The molecule has 0 aliphatic carbocycles. The smallest absolute Gasteiger partial charge is 0.242 e. The Balaban J connectivity index is 1.50. The highest BCUT2D eigenvalue weighted by atomic mass is 19.1. The number of rotatable bonds is 2. The molecule has 0 fully saturated rings. The van der Waals surface area contributed by atoms with E-state index in [1.54, 1.807) is 6.07 Å². The van der Waals surface area contributed by atoms with Gasteiger partial charge in [0.15, 0.2) is 0 Å². The number of carbonyl (C=O) groups is 1. The fourth-order valence-electron chi connectivity index (χ4n) is 3.82. The Morgan fingerprint density at radius 1 is 0.958 bits per heavy atom. The summed E-state index contributed by atoms with van der Waals surface area (Å²) in [5.74, 6) is -0.135. The average molecular weight is 324 g/mol. The van der Waals surface area contributed by atoms with Crippen LogP contribution in [0.15, 0.2) is 42.5 Å². The molecule has 3 nitrogen and oxygen atoms in total. The van der Waals surface area contributed by atoms with E-state index in [1.165, 1.54) is 17.2 Å². The molecule has 1 amide bonds. The number of para-hydroxylation sites is 1. The normalized spacial score (nSPS) is 16.5. The Morgan fingerprint density at radius 3 is 2.62 bits per heavy atom. The van der Waals surface area contributed by atoms with E-state index in [1.807, 2.05) is 28.0 Å². The fourth-order valence-corrected chi connectivity index (χ4v) is 3.82. The van der Waals surface area contributed by atoms with E-state index >= 15 is 0 Å². The van der Waals surface area contributed by atoms with Gasteiger partial charge in [0, 0.05) is 19.6 Å². The first-order chi connectivity index (χ1) is 11.7. The standard InChI is InChI=1S/C20H21FN2O/c21-18-9-3-7-16-8-4-11-23(20(16)18)14-19(24)22-12-10-15-5-1-2-6-17(15)13-22/h1-3,5-7,9H,4,8,10-14H2. The van der Waals surface area contributed by atoms with Crippen molar-refractivity contribution in [2.75, 3.05) is 24.5 Å². The van der Waals surface area contributed by atoms with Gasteiger partial charge in [0.1, 0.15) is 5.82 Å². The van der Waals surface area contributed by atoms with Crippen LogP contribution in [-0.2, 0) is 24.2 Å². The molecule has 0 spiro atoms. The van der Waals surface area contributed by atoms with Gasteiger partial charge in [0.2, 0.25) is 5.91 Å². The zero-order valence-electron chi connectivity index (χ0n) is 13.7. The molecule has 0 bridgehead atoms. The third-order valence-electron chi connectivity index (χ3n) is 5.07. The van der Waals surface area contributed by atoms with Gasteiger partial charge in [-0.2, -0.15) is 0 Å². The van der Waals surface area contributed by atoms with Crippen molar-refractivity contribution in [1.29, 1.82) is 0 Å². The van der Waals surface area contributed by atoms with E-state index in [-0.39, 0.29) is 18.3 Å². The molecular formula is C20H21FN2O. The van der Waals surface area contributed by atoms with E-state index in [0.29, 0.717) is 12.2 Å². The molecule has 0 aromatic heterocycles. The predicted octanol–water partition coefficient (Wildman–Crippen LogP) is 3.16. The van der Waals surface area contributed by atoms with E-state index in [9.17, 15) is 9.18 Å². The lowest BCUT2D eigenvalue weighted by atomic mass is 9.99. The minimum atomic E-state index is -0.219. The summed E-state index contributed by atoms with van der Waals surface area (Å²) in [6.45, 7) is 2.40. The second-order valence-corrected chi connectivity index (χ2v) is 6.61. The summed E-state index contributed by atoms with van der Waals surface area (Å²) >= 11 is 0. The summed E-state index contributed by atoms with van der Waals surface area (Å²) in [4.78, 5) is 16.6. The number of amides is 1. The first-order valence-corrected chi connectivity index (χ1v) is 8.59. The maximum atomic E-state index is 14.2. The first kappa shape index (κ1) is 15.2. The molecule has 0 radical (unpaired) electrons. The van der Waals surface area contributed by atoms with Gasteiger partial charge in [0.25, 0.3) is 0 Å².